The van der Waals surface area contributed by atoms with Crippen molar-refractivity contribution in [2.45, 2.75) is 37.1 Å². The van der Waals surface area contributed by atoms with Crippen molar-refractivity contribution >= 4 is 0 Å². The van der Waals surface area contributed by atoms with E-state index in [0.717, 1.165) is 47.5 Å². The van der Waals surface area contributed by atoms with Gasteiger partial charge in [0.25, 0.3) is 0 Å². The maximum atomic E-state index is 7.10. The van der Waals surface area contributed by atoms with Crippen LogP contribution < -0.4 is 0 Å². The van der Waals surface area contributed by atoms with Gasteiger partial charge in [0.05, 0.1) is 6.61 Å². The van der Waals surface area contributed by atoms with E-state index >= 15 is 0 Å². The molecule has 22 heavy (non-hydrogen) atoms. The van der Waals surface area contributed by atoms with E-state index < -0.39 is 0 Å². The van der Waals surface area contributed by atoms with Gasteiger partial charge in [-0.3, -0.25) is 0 Å². The molecular formula is C20H20O2. The fraction of sp³-hybridized carbons (Fsp3) is 0.800. The summed E-state index contributed by atoms with van der Waals surface area (Å²) in [5.41, 5.74) is 1.62. The van der Waals surface area contributed by atoms with Crippen LogP contribution in [0, 0.1) is 51.8 Å². The largest absolute Gasteiger partial charge is 0.345 e. The summed E-state index contributed by atoms with van der Waals surface area (Å²) in [7, 11) is 0. The lowest BCUT2D eigenvalue weighted by Crippen LogP contribution is -2.68. The fourth-order valence-corrected chi connectivity index (χ4v) is 11.3. The summed E-state index contributed by atoms with van der Waals surface area (Å²) < 4.78 is 13.8. The first kappa shape index (κ1) is 10.3. The van der Waals surface area contributed by atoms with E-state index in [1.807, 2.05) is 0 Å². The van der Waals surface area contributed by atoms with Gasteiger partial charge in [-0.1, -0.05) is 24.3 Å². The zero-order valence-electron chi connectivity index (χ0n) is 12.6. The summed E-state index contributed by atoms with van der Waals surface area (Å²) in [6, 6.07) is 0. The third-order valence-electron chi connectivity index (χ3n) is 10.8. The van der Waals surface area contributed by atoms with E-state index in [9.17, 15) is 0 Å². The third-order valence-corrected chi connectivity index (χ3v) is 10.8. The maximum Gasteiger partial charge on any atom is 0.180 e. The van der Waals surface area contributed by atoms with Gasteiger partial charge in [-0.05, 0) is 54.8 Å². The first-order valence-electron chi connectivity index (χ1n) is 9.48. The minimum Gasteiger partial charge on any atom is -0.345 e. The highest BCUT2D eigenvalue weighted by Crippen LogP contribution is 3.08. The Kier molecular flexibility index (Phi) is 1.05. The maximum absolute atomic E-state index is 7.10. The highest BCUT2D eigenvalue weighted by atomic mass is 16.7. The van der Waals surface area contributed by atoms with Gasteiger partial charge in [-0.2, -0.15) is 0 Å². The lowest BCUT2D eigenvalue weighted by Gasteiger charge is -2.65. The Morgan fingerprint density at radius 2 is 1.59 bits per heavy atom. The smallest absolute Gasteiger partial charge is 0.180 e. The average molecular weight is 292 g/mol. The van der Waals surface area contributed by atoms with E-state index in [4.69, 9.17) is 9.47 Å². The first-order chi connectivity index (χ1) is 10.8. The van der Waals surface area contributed by atoms with Crippen LogP contribution in [0.4, 0.5) is 0 Å². The zero-order valence-corrected chi connectivity index (χ0v) is 12.6. The molecule has 0 amide bonds. The van der Waals surface area contributed by atoms with Crippen LogP contribution in [-0.2, 0) is 9.47 Å². The van der Waals surface area contributed by atoms with Crippen LogP contribution in [-0.4, -0.2) is 18.0 Å². The Bertz CT molecular complexity index is 779. The lowest BCUT2D eigenvalue weighted by atomic mass is 9.36. The zero-order chi connectivity index (χ0) is 13.7. The third kappa shape index (κ3) is 0.493. The Morgan fingerprint density at radius 1 is 0.773 bits per heavy atom. The minimum atomic E-state index is -0.196. The molecular weight excluding hydrogens is 272 g/mol. The second kappa shape index (κ2) is 2.25. The molecule has 7 aliphatic carbocycles. The van der Waals surface area contributed by atoms with Crippen molar-refractivity contribution in [1.29, 1.82) is 0 Å². The van der Waals surface area contributed by atoms with Crippen molar-refractivity contribution in [1.82, 2.24) is 0 Å². The van der Waals surface area contributed by atoms with Gasteiger partial charge < -0.3 is 9.47 Å². The quantitative estimate of drug-likeness (QED) is 0.639. The van der Waals surface area contributed by atoms with Crippen molar-refractivity contribution in [3.63, 3.8) is 0 Å². The van der Waals surface area contributed by atoms with Gasteiger partial charge in [0.15, 0.2) is 5.79 Å². The molecule has 112 valence electrons. The number of allylic oxidation sites excluding steroid dienone is 2. The van der Waals surface area contributed by atoms with E-state index in [-0.39, 0.29) is 11.4 Å². The van der Waals surface area contributed by atoms with Crippen molar-refractivity contribution in [3.05, 3.63) is 24.3 Å². The molecule has 0 aromatic carbocycles. The molecule has 0 aromatic heterocycles. The second-order valence-corrected chi connectivity index (χ2v) is 9.99. The summed E-state index contributed by atoms with van der Waals surface area (Å²) in [5.74, 6) is 5.24. The van der Waals surface area contributed by atoms with Crippen molar-refractivity contribution in [3.8, 4) is 0 Å². The molecule has 2 heteroatoms. The Morgan fingerprint density at radius 3 is 2.50 bits per heavy atom. The standard InChI is InChI=1S/C20H20O2/c1-2-9-21-20-15-11-13-12-10(16(11)7-8-16)14(15)19(22-20)6-3-5-17(12,19)18(13,20)4-1/h1-3,6,10-15H,4-5,7-9H2/t10?,11?,12?,13?,14?,15?,17-,18+,19-,20+/m0/s1. The van der Waals surface area contributed by atoms with E-state index in [2.05, 4.69) is 24.3 Å². The SMILES string of the molecule is C1=CC[C@@]23C4C5C6C7C(C4[C@@]24CC=C[C@]74O[C@]63OC1)C51CC1. The lowest BCUT2D eigenvalue weighted by molar-refractivity contribution is -0.283. The first-order valence-corrected chi connectivity index (χ1v) is 9.48. The molecule has 2 saturated heterocycles. The highest BCUT2D eigenvalue weighted by molar-refractivity contribution is 5.59. The van der Waals surface area contributed by atoms with Gasteiger partial charge in [0.2, 0.25) is 0 Å². The van der Waals surface area contributed by atoms with Crippen molar-refractivity contribution in [2.24, 2.45) is 51.8 Å². The topological polar surface area (TPSA) is 18.5 Å². The van der Waals surface area contributed by atoms with E-state index in [1.165, 1.54) is 25.7 Å². The molecule has 6 saturated carbocycles. The predicted octanol–water partition coefficient (Wildman–Crippen LogP) is 2.91. The van der Waals surface area contributed by atoms with Crippen LogP contribution in [0.5, 0.6) is 0 Å². The summed E-state index contributed by atoms with van der Waals surface area (Å²) in [4.78, 5) is 0. The van der Waals surface area contributed by atoms with Crippen LogP contribution in [0.3, 0.4) is 0 Å². The van der Waals surface area contributed by atoms with E-state index in [0.29, 0.717) is 10.8 Å². The molecule has 4 bridgehead atoms. The minimum absolute atomic E-state index is 0.0928. The second-order valence-electron chi connectivity index (χ2n) is 9.99. The number of ether oxygens (including phenoxy) is 2. The average Bonchev–Trinajstić information content (AvgIpc) is 2.85. The molecule has 8 fully saturated rings. The fourth-order valence-electron chi connectivity index (χ4n) is 11.3. The Balaban J connectivity index is 1.50. The number of hydrogen-bond acceptors (Lipinski definition) is 2. The van der Waals surface area contributed by atoms with Gasteiger partial charge in [0.1, 0.15) is 5.60 Å². The monoisotopic (exact) mass is 292 g/mol. The van der Waals surface area contributed by atoms with Crippen molar-refractivity contribution in [2.75, 3.05) is 6.61 Å². The normalized spacial score (nSPS) is 79.3. The van der Waals surface area contributed by atoms with Gasteiger partial charge >= 0.3 is 0 Å². The molecule has 5 spiro atoms. The van der Waals surface area contributed by atoms with Crippen LogP contribution >= 0.6 is 0 Å². The molecule has 6 unspecified atom stereocenters. The molecule has 0 aromatic rings. The van der Waals surface area contributed by atoms with Crippen LogP contribution in [0.25, 0.3) is 0 Å². The van der Waals surface area contributed by atoms with Gasteiger partial charge in [0, 0.05) is 22.7 Å². The molecule has 10 aliphatic rings. The molecule has 0 N–H and O–H groups in total. The van der Waals surface area contributed by atoms with Crippen LogP contribution in [0.15, 0.2) is 24.3 Å². The predicted molar refractivity (Wildman–Crippen MR) is 77.5 cm³/mol. The Hall–Kier alpha value is -0.600. The summed E-state index contributed by atoms with van der Waals surface area (Å²) in [6.07, 6.45) is 15.3. The number of rotatable bonds is 0. The van der Waals surface area contributed by atoms with Crippen LogP contribution in [0.2, 0.25) is 0 Å². The highest BCUT2D eigenvalue weighted by Gasteiger charge is 3.10. The number of hydrogen-bond donors (Lipinski definition) is 0. The Labute approximate surface area is 129 Å². The molecule has 2 nitrogen and oxygen atoms in total. The summed E-state index contributed by atoms with van der Waals surface area (Å²) in [6.45, 7) is 0.780. The van der Waals surface area contributed by atoms with E-state index in [1.54, 1.807) is 0 Å². The van der Waals surface area contributed by atoms with Crippen LogP contribution in [0.1, 0.15) is 25.7 Å². The van der Waals surface area contributed by atoms with Gasteiger partial charge in [-0.25, -0.2) is 0 Å². The summed E-state index contributed by atoms with van der Waals surface area (Å²) in [5, 5.41) is 0. The van der Waals surface area contributed by atoms with Gasteiger partial charge in [-0.15, -0.1) is 0 Å². The molecule has 10 atom stereocenters. The molecule has 10 rings (SSSR count). The molecule has 3 heterocycles. The van der Waals surface area contributed by atoms with Crippen molar-refractivity contribution < 1.29 is 9.47 Å². The molecule has 0 radical (unpaired) electrons. The summed E-state index contributed by atoms with van der Waals surface area (Å²) >= 11 is 0. The molecule has 3 aliphatic heterocycles.